The SMILES string of the molecule is CC[S+]([O-])NCC1(CF)CC1. The Morgan fingerprint density at radius 1 is 1.64 bits per heavy atom. The summed E-state index contributed by atoms with van der Waals surface area (Å²) in [5.74, 6) is 0.600. The van der Waals surface area contributed by atoms with Crippen LogP contribution in [0.4, 0.5) is 4.39 Å². The van der Waals surface area contributed by atoms with Gasteiger partial charge < -0.3 is 4.55 Å². The normalized spacial score (nSPS) is 23.2. The van der Waals surface area contributed by atoms with Gasteiger partial charge in [0.15, 0.2) is 0 Å². The summed E-state index contributed by atoms with van der Waals surface area (Å²) in [4.78, 5) is 0. The van der Waals surface area contributed by atoms with Crippen molar-refractivity contribution in [2.45, 2.75) is 19.8 Å². The lowest BCUT2D eigenvalue weighted by Crippen LogP contribution is -2.32. The molecule has 0 radical (unpaired) electrons. The van der Waals surface area contributed by atoms with Gasteiger partial charge >= 0.3 is 0 Å². The summed E-state index contributed by atoms with van der Waals surface area (Å²) in [5.41, 5.74) is -0.148. The van der Waals surface area contributed by atoms with E-state index in [1.807, 2.05) is 6.92 Å². The fourth-order valence-electron chi connectivity index (χ4n) is 0.870. The molecular weight excluding hydrogens is 165 g/mol. The van der Waals surface area contributed by atoms with Crippen LogP contribution < -0.4 is 4.72 Å². The van der Waals surface area contributed by atoms with E-state index in [9.17, 15) is 8.94 Å². The predicted molar refractivity (Wildman–Crippen MR) is 44.3 cm³/mol. The lowest BCUT2D eigenvalue weighted by molar-refractivity contribution is 0.341. The van der Waals surface area contributed by atoms with Crippen molar-refractivity contribution in [2.75, 3.05) is 19.0 Å². The smallest absolute Gasteiger partial charge is 0.122 e. The third kappa shape index (κ3) is 2.61. The molecule has 0 bridgehead atoms. The van der Waals surface area contributed by atoms with Crippen molar-refractivity contribution in [1.29, 1.82) is 0 Å². The van der Waals surface area contributed by atoms with Gasteiger partial charge in [0, 0.05) is 23.3 Å². The summed E-state index contributed by atoms with van der Waals surface area (Å²) >= 11 is -0.952. The minimum Gasteiger partial charge on any atom is -0.598 e. The quantitative estimate of drug-likeness (QED) is 0.639. The van der Waals surface area contributed by atoms with E-state index in [-0.39, 0.29) is 12.1 Å². The van der Waals surface area contributed by atoms with E-state index >= 15 is 0 Å². The van der Waals surface area contributed by atoms with Crippen molar-refractivity contribution in [3.63, 3.8) is 0 Å². The molecule has 0 aliphatic heterocycles. The molecule has 1 unspecified atom stereocenters. The Kier molecular flexibility index (Phi) is 3.16. The Bertz CT molecular complexity index is 130. The molecule has 0 amide bonds. The van der Waals surface area contributed by atoms with Gasteiger partial charge in [-0.2, -0.15) is 0 Å². The van der Waals surface area contributed by atoms with E-state index in [1.54, 1.807) is 0 Å². The maximum Gasteiger partial charge on any atom is 0.122 e. The van der Waals surface area contributed by atoms with Gasteiger partial charge in [0.05, 0.1) is 6.67 Å². The molecule has 0 aromatic rings. The van der Waals surface area contributed by atoms with Crippen LogP contribution in [0.1, 0.15) is 19.8 Å². The summed E-state index contributed by atoms with van der Waals surface area (Å²) in [7, 11) is 0. The van der Waals surface area contributed by atoms with Crippen LogP contribution in [-0.2, 0) is 11.4 Å². The van der Waals surface area contributed by atoms with Gasteiger partial charge in [-0.25, -0.2) is 0 Å². The number of alkyl halides is 1. The van der Waals surface area contributed by atoms with E-state index in [0.717, 1.165) is 12.8 Å². The van der Waals surface area contributed by atoms with Gasteiger partial charge in [-0.15, -0.1) is 4.72 Å². The van der Waals surface area contributed by atoms with Crippen molar-refractivity contribution in [2.24, 2.45) is 5.41 Å². The zero-order valence-electron chi connectivity index (χ0n) is 6.73. The van der Waals surface area contributed by atoms with Gasteiger partial charge in [-0.05, 0) is 19.8 Å². The van der Waals surface area contributed by atoms with Crippen LogP contribution in [-0.4, -0.2) is 23.5 Å². The zero-order chi connectivity index (χ0) is 8.32. The Morgan fingerprint density at radius 2 is 2.27 bits per heavy atom. The largest absolute Gasteiger partial charge is 0.598 e. The van der Waals surface area contributed by atoms with Gasteiger partial charge in [0.1, 0.15) is 5.75 Å². The Hall–Kier alpha value is 0.200. The zero-order valence-corrected chi connectivity index (χ0v) is 7.55. The van der Waals surface area contributed by atoms with E-state index in [0.29, 0.717) is 12.3 Å². The summed E-state index contributed by atoms with van der Waals surface area (Å²) in [6, 6.07) is 0. The van der Waals surface area contributed by atoms with Crippen molar-refractivity contribution >= 4 is 11.4 Å². The second kappa shape index (κ2) is 3.74. The molecule has 1 atom stereocenters. The average molecular weight is 179 g/mol. The number of rotatable bonds is 5. The topological polar surface area (TPSA) is 35.1 Å². The number of nitrogens with one attached hydrogen (secondary N) is 1. The van der Waals surface area contributed by atoms with E-state index in [4.69, 9.17) is 0 Å². The van der Waals surface area contributed by atoms with Crippen LogP contribution in [0.5, 0.6) is 0 Å². The van der Waals surface area contributed by atoms with E-state index in [1.165, 1.54) is 0 Å². The highest BCUT2D eigenvalue weighted by Gasteiger charge is 2.43. The fraction of sp³-hybridized carbons (Fsp3) is 1.00. The first-order valence-corrected chi connectivity index (χ1v) is 5.22. The van der Waals surface area contributed by atoms with E-state index < -0.39 is 11.4 Å². The minimum absolute atomic E-state index is 0.148. The second-order valence-electron chi connectivity index (χ2n) is 3.09. The predicted octanol–water partition coefficient (Wildman–Crippen LogP) is 1.01. The summed E-state index contributed by atoms with van der Waals surface area (Å²) in [6.45, 7) is 2.14. The maximum atomic E-state index is 12.2. The summed E-state index contributed by atoms with van der Waals surface area (Å²) in [6.07, 6.45) is 1.88. The van der Waals surface area contributed by atoms with Crippen molar-refractivity contribution in [3.05, 3.63) is 0 Å². The molecule has 1 aliphatic rings. The highest BCUT2D eigenvalue weighted by molar-refractivity contribution is 7.89. The highest BCUT2D eigenvalue weighted by Crippen LogP contribution is 2.45. The first-order chi connectivity index (χ1) is 5.22. The van der Waals surface area contributed by atoms with Crippen LogP contribution in [0.15, 0.2) is 0 Å². The molecule has 0 aromatic heterocycles. The standard InChI is InChI=1S/C7H14FNOS/c1-2-11(10)9-6-7(5-8)3-4-7/h9H,2-6H2,1H3. The molecule has 0 heterocycles. The van der Waals surface area contributed by atoms with Crippen LogP contribution in [0.3, 0.4) is 0 Å². The maximum absolute atomic E-state index is 12.2. The number of halogens is 1. The molecule has 0 spiro atoms. The van der Waals surface area contributed by atoms with Gasteiger partial charge in [0.2, 0.25) is 0 Å². The van der Waals surface area contributed by atoms with Crippen LogP contribution in [0.25, 0.3) is 0 Å². The molecular formula is C7H14FNOS. The Labute approximate surface area is 69.9 Å². The van der Waals surface area contributed by atoms with Gasteiger partial charge in [0.25, 0.3) is 0 Å². The van der Waals surface area contributed by atoms with Crippen molar-refractivity contribution < 1.29 is 8.94 Å². The molecule has 0 saturated heterocycles. The molecule has 2 nitrogen and oxygen atoms in total. The monoisotopic (exact) mass is 179 g/mol. The molecule has 1 N–H and O–H groups in total. The molecule has 1 aliphatic carbocycles. The number of hydrogen-bond donors (Lipinski definition) is 1. The summed E-state index contributed by atoms with van der Waals surface area (Å²) < 4.78 is 25.9. The third-order valence-electron chi connectivity index (χ3n) is 2.11. The van der Waals surface area contributed by atoms with Crippen LogP contribution in [0.2, 0.25) is 0 Å². The molecule has 4 heteroatoms. The van der Waals surface area contributed by atoms with Gasteiger partial charge in [-0.1, -0.05) is 0 Å². The molecule has 1 saturated carbocycles. The Morgan fingerprint density at radius 3 is 2.64 bits per heavy atom. The first-order valence-electron chi connectivity index (χ1n) is 3.90. The summed E-state index contributed by atoms with van der Waals surface area (Å²) in [5, 5.41) is 0. The highest BCUT2D eigenvalue weighted by atomic mass is 32.2. The first kappa shape index (κ1) is 9.29. The van der Waals surface area contributed by atoms with Crippen LogP contribution >= 0.6 is 0 Å². The third-order valence-corrected chi connectivity index (χ3v) is 3.10. The molecule has 1 fully saturated rings. The second-order valence-corrected chi connectivity index (χ2v) is 4.65. The molecule has 1 rings (SSSR count). The lowest BCUT2D eigenvalue weighted by atomic mass is 10.1. The molecule has 0 aromatic carbocycles. The Balaban J connectivity index is 2.11. The molecule has 66 valence electrons. The lowest BCUT2D eigenvalue weighted by Gasteiger charge is -2.13. The number of hydrogen-bond acceptors (Lipinski definition) is 2. The van der Waals surface area contributed by atoms with Crippen molar-refractivity contribution in [3.8, 4) is 0 Å². The van der Waals surface area contributed by atoms with Crippen LogP contribution in [0, 0.1) is 5.41 Å². The van der Waals surface area contributed by atoms with Gasteiger partial charge in [-0.3, -0.25) is 4.39 Å². The van der Waals surface area contributed by atoms with E-state index in [2.05, 4.69) is 4.72 Å². The minimum atomic E-state index is -0.952. The fourth-order valence-corrected chi connectivity index (χ4v) is 1.54. The average Bonchev–Trinajstić information content (AvgIpc) is 2.81. The van der Waals surface area contributed by atoms with Crippen molar-refractivity contribution in [1.82, 2.24) is 4.72 Å². The molecule has 11 heavy (non-hydrogen) atoms.